The fraction of sp³-hybridized carbons (Fsp3) is 1.00. The van der Waals surface area contributed by atoms with Gasteiger partial charge in [-0.3, -0.25) is 0 Å². The van der Waals surface area contributed by atoms with Crippen LogP contribution in [0.3, 0.4) is 0 Å². The average molecular weight is 590 g/mol. The first-order valence-electron chi connectivity index (χ1n) is 6.94. The van der Waals surface area contributed by atoms with Gasteiger partial charge in [-0.1, -0.05) is 0 Å². The monoisotopic (exact) mass is 590 g/mol. The molecule has 0 saturated heterocycles. The van der Waals surface area contributed by atoms with Crippen LogP contribution in [0.4, 0.5) is 105 Å². The molecule has 0 aliphatic carbocycles. The molecule has 0 rings (SSSR count). The van der Waals surface area contributed by atoms with Gasteiger partial charge in [0.1, 0.15) is 4.71 Å². The molecule has 0 fully saturated rings. The highest BCUT2D eigenvalue weighted by Gasteiger charge is 3.02. The molecule has 0 unspecified atom stereocenters. The van der Waals surface area contributed by atoms with Crippen LogP contribution in [0, 0.1) is 0 Å². The molecule has 0 aliphatic rings. The van der Waals surface area contributed by atoms with E-state index in [2.05, 4.69) is 0 Å². The molecule has 0 saturated carbocycles. The highest BCUT2D eigenvalue weighted by Crippen LogP contribution is 2.66. The highest BCUT2D eigenvalue weighted by atomic mass is 19.5. The molecule has 0 radical (unpaired) electrons. The number of hydrogen-bond acceptors (Lipinski definition) is 0. The van der Waals surface area contributed by atoms with Crippen molar-refractivity contribution in [3.63, 3.8) is 0 Å². The topological polar surface area (TPSA) is 0 Å². The van der Waals surface area contributed by atoms with Gasteiger partial charge in [-0.15, -0.1) is 35.1 Å². The first-order valence-corrected chi connectivity index (χ1v) is 6.94. The minimum atomic E-state index is -9.55. The first kappa shape index (κ1) is 33.3. The third-order valence-corrected chi connectivity index (χ3v) is 3.79. The smallest absolute Gasteiger partial charge is 0.192 e. The zero-order valence-electron chi connectivity index (χ0n) is 14.5. The third-order valence-electron chi connectivity index (χ3n) is 3.79. The molecule has 0 aromatic rings. The maximum atomic E-state index is 13.3. The fourth-order valence-corrected chi connectivity index (χ4v) is 1.81. The number of hydrogen-bond donors (Lipinski definition) is 0. The van der Waals surface area contributed by atoms with E-state index in [9.17, 15) is 105 Å². The Kier molecular flexibility index (Phi) is 7.27. The van der Waals surface area contributed by atoms with Gasteiger partial charge < -0.3 is 0 Å². The fourth-order valence-electron chi connectivity index (χ4n) is 1.81. The van der Waals surface area contributed by atoms with Crippen molar-refractivity contribution in [2.24, 2.45) is 0 Å². The standard InChI is InChI=1S/C10F24N/c11-1(12,3(15,16)5(19,20)7(23,24)25)2(13,14)4(17,18)6(21,22)8(26,27)35(34,9(28,29)30)10(31,32)33/q+1. The second-order valence-electron chi connectivity index (χ2n) is 6.01. The van der Waals surface area contributed by atoms with E-state index in [0.29, 0.717) is 0 Å². The van der Waals surface area contributed by atoms with Crippen LogP contribution in [-0.2, 0) is 0 Å². The Balaban J connectivity index is 7.32. The zero-order chi connectivity index (χ0) is 29.5. The maximum absolute atomic E-state index is 13.3. The molecule has 35 heavy (non-hydrogen) atoms. The molecule has 0 bridgehead atoms. The lowest BCUT2D eigenvalue weighted by Gasteiger charge is -2.43. The molecule has 0 N–H and O–H groups in total. The summed E-state index contributed by atoms with van der Waals surface area (Å²) in [5.74, 6) is -55.5. The first-order chi connectivity index (χ1) is 14.5. The molecule has 0 aromatic heterocycles. The molecule has 0 spiro atoms. The second-order valence-corrected chi connectivity index (χ2v) is 6.01. The summed E-state index contributed by atoms with van der Waals surface area (Å²) in [6.45, 7) is 0. The van der Waals surface area contributed by atoms with Crippen molar-refractivity contribution in [2.75, 3.05) is 0 Å². The van der Waals surface area contributed by atoms with Crippen molar-refractivity contribution in [3.05, 3.63) is 0 Å². The summed E-state index contributed by atoms with van der Waals surface area (Å²) in [5.41, 5.74) is 0. The van der Waals surface area contributed by atoms with E-state index in [1.807, 2.05) is 0 Å². The van der Waals surface area contributed by atoms with Crippen molar-refractivity contribution < 1.29 is 110 Å². The Morgan fingerprint density at radius 2 is 0.486 bits per heavy atom. The minimum absolute atomic E-state index is 8.13. The Bertz CT molecular complexity index is 762. The summed E-state index contributed by atoms with van der Waals surface area (Å²) >= 11 is 0. The van der Waals surface area contributed by atoms with Crippen molar-refractivity contribution >= 4 is 0 Å². The summed E-state index contributed by atoms with van der Waals surface area (Å²) in [5, 5.41) is 0. The lowest BCUT2D eigenvalue weighted by atomic mass is 9.90. The lowest BCUT2D eigenvalue weighted by Crippen LogP contribution is -2.80. The van der Waals surface area contributed by atoms with Crippen molar-refractivity contribution in [3.8, 4) is 0 Å². The largest absolute Gasteiger partial charge is 0.611 e. The van der Waals surface area contributed by atoms with Crippen LogP contribution >= 0.6 is 0 Å². The predicted molar refractivity (Wildman–Crippen MR) is 54.2 cm³/mol. The molecule has 0 amide bonds. The van der Waals surface area contributed by atoms with E-state index in [1.165, 1.54) is 0 Å². The Hall–Kier alpha value is -1.72. The second kappa shape index (κ2) is 7.64. The normalized spacial score (nSPS) is 17.1. The van der Waals surface area contributed by atoms with Gasteiger partial charge in [-0.2, -0.15) is 65.9 Å². The van der Waals surface area contributed by atoms with E-state index in [0.717, 1.165) is 0 Å². The third kappa shape index (κ3) is 3.80. The predicted octanol–water partition coefficient (Wildman–Crippen LogP) is 7.69. The Labute approximate surface area is 172 Å². The van der Waals surface area contributed by atoms with Gasteiger partial charge >= 0.3 is 60.4 Å². The van der Waals surface area contributed by atoms with E-state index in [1.54, 1.807) is 0 Å². The van der Waals surface area contributed by atoms with E-state index in [-0.39, 0.29) is 0 Å². The SMILES string of the molecule is FC(F)(F)C(F)(F)C(F)(F)C(F)(F)C(F)(F)C(F)(F)C(F)(F)C(F)(F)[N+](F)(C(F)(F)F)C(F)(F)F. The molecule has 0 aromatic carbocycles. The molecule has 1 nitrogen and oxygen atoms in total. The Morgan fingerprint density at radius 3 is 0.686 bits per heavy atom. The number of rotatable bonds is 7. The number of quaternary nitrogens is 1. The average Bonchev–Trinajstić information content (AvgIpc) is 2.56. The maximum Gasteiger partial charge on any atom is 0.611 e. The lowest BCUT2D eigenvalue weighted by molar-refractivity contribution is -1.26. The Morgan fingerprint density at radius 1 is 0.286 bits per heavy atom. The highest BCUT2D eigenvalue weighted by molar-refractivity contribution is 5.14. The molecular weight excluding hydrogens is 590 g/mol. The molecule has 212 valence electrons. The van der Waals surface area contributed by atoms with E-state index < -0.39 is 65.1 Å². The van der Waals surface area contributed by atoms with Crippen LogP contribution in [0.2, 0.25) is 0 Å². The summed E-state index contributed by atoms with van der Waals surface area (Å²) in [7, 11) is 0. The van der Waals surface area contributed by atoms with Gasteiger partial charge in [0.2, 0.25) is 0 Å². The van der Waals surface area contributed by atoms with Gasteiger partial charge in [0.15, 0.2) is 0 Å². The zero-order valence-corrected chi connectivity index (χ0v) is 14.5. The van der Waals surface area contributed by atoms with E-state index >= 15 is 0 Å². The van der Waals surface area contributed by atoms with Crippen molar-refractivity contribution in [1.29, 1.82) is 0 Å². The van der Waals surface area contributed by atoms with Crippen LogP contribution in [0.1, 0.15) is 0 Å². The summed E-state index contributed by atoms with van der Waals surface area (Å²) in [6.07, 6.45) is -25.3. The van der Waals surface area contributed by atoms with Crippen molar-refractivity contribution in [1.82, 2.24) is 0 Å². The minimum Gasteiger partial charge on any atom is -0.192 e. The van der Waals surface area contributed by atoms with Gasteiger partial charge in [-0.05, 0) is 0 Å². The molecular formula is C10F24N+. The summed E-state index contributed by atoms with van der Waals surface area (Å²) < 4.78 is 296. The summed E-state index contributed by atoms with van der Waals surface area (Å²) in [4.78, 5) is 0. The molecule has 25 heteroatoms. The van der Waals surface area contributed by atoms with Crippen molar-refractivity contribution in [2.45, 2.75) is 60.4 Å². The van der Waals surface area contributed by atoms with E-state index in [4.69, 9.17) is 0 Å². The molecule has 0 atom stereocenters. The summed E-state index contributed by atoms with van der Waals surface area (Å²) in [6, 6.07) is -9.46. The van der Waals surface area contributed by atoms with Gasteiger partial charge in [-0.25, -0.2) is 0 Å². The van der Waals surface area contributed by atoms with Crippen LogP contribution in [0.15, 0.2) is 0 Å². The van der Waals surface area contributed by atoms with Crippen LogP contribution in [0.25, 0.3) is 0 Å². The molecule has 0 heterocycles. The van der Waals surface area contributed by atoms with Crippen LogP contribution in [0.5, 0.6) is 0 Å². The van der Waals surface area contributed by atoms with Gasteiger partial charge in [0.05, 0.1) is 0 Å². The van der Waals surface area contributed by atoms with Gasteiger partial charge in [0.25, 0.3) is 0 Å². The quantitative estimate of drug-likeness (QED) is 0.162. The van der Waals surface area contributed by atoms with Gasteiger partial charge in [0, 0.05) is 4.48 Å². The van der Waals surface area contributed by atoms with Crippen LogP contribution in [-0.4, -0.2) is 65.1 Å². The number of nitrogens with zero attached hydrogens (tertiary/aromatic N) is 1. The van der Waals surface area contributed by atoms with Crippen LogP contribution < -0.4 is 0 Å². The number of alkyl halides is 23. The molecule has 0 aliphatic heterocycles. The number of halogens is 24.